The van der Waals surface area contributed by atoms with Crippen LogP contribution in [0.25, 0.3) is 0 Å². The van der Waals surface area contributed by atoms with Gasteiger partial charge in [-0.15, -0.1) is 0 Å². The van der Waals surface area contributed by atoms with Gasteiger partial charge in [-0.1, -0.05) is 6.07 Å². The smallest absolute Gasteiger partial charge is 0.161 e. The molecule has 1 aromatic rings. The summed E-state index contributed by atoms with van der Waals surface area (Å²) < 4.78 is 16.9. The van der Waals surface area contributed by atoms with Crippen molar-refractivity contribution in [2.45, 2.75) is 33.0 Å². The maximum Gasteiger partial charge on any atom is 0.161 e. The number of rotatable bonds is 5. The third-order valence-electron chi connectivity index (χ3n) is 3.48. The summed E-state index contributed by atoms with van der Waals surface area (Å²) in [5.41, 5.74) is 1.17. The molecule has 0 radical (unpaired) electrons. The predicted molar refractivity (Wildman–Crippen MR) is 79.7 cm³/mol. The van der Waals surface area contributed by atoms with E-state index in [0.717, 1.165) is 31.1 Å². The number of methoxy groups -OCH3 is 1. The first-order valence-electron chi connectivity index (χ1n) is 7.23. The minimum Gasteiger partial charge on any atom is -0.493 e. The van der Waals surface area contributed by atoms with Crippen LogP contribution in [0.2, 0.25) is 0 Å². The van der Waals surface area contributed by atoms with Crippen molar-refractivity contribution in [1.29, 1.82) is 0 Å². The summed E-state index contributed by atoms with van der Waals surface area (Å²) in [6.07, 6.45) is 0.598. The van der Waals surface area contributed by atoms with Crippen molar-refractivity contribution in [2.24, 2.45) is 0 Å². The molecule has 0 aromatic heterocycles. The van der Waals surface area contributed by atoms with E-state index in [4.69, 9.17) is 14.2 Å². The second kappa shape index (κ2) is 6.95. The molecule has 1 fully saturated rings. The second-order valence-electron chi connectivity index (χ2n) is 5.52. The van der Waals surface area contributed by atoms with Gasteiger partial charge in [-0.25, -0.2) is 0 Å². The van der Waals surface area contributed by atoms with Crippen molar-refractivity contribution in [3.63, 3.8) is 0 Å². The van der Waals surface area contributed by atoms with Crippen molar-refractivity contribution >= 4 is 0 Å². The Morgan fingerprint density at radius 3 is 2.55 bits per heavy atom. The van der Waals surface area contributed by atoms with Crippen LogP contribution >= 0.6 is 0 Å². The van der Waals surface area contributed by atoms with Gasteiger partial charge >= 0.3 is 0 Å². The first kappa shape index (κ1) is 15.1. The Labute approximate surface area is 121 Å². The molecule has 1 aliphatic heterocycles. The highest BCUT2D eigenvalue weighted by molar-refractivity contribution is 5.42. The maximum atomic E-state index is 5.85. The van der Waals surface area contributed by atoms with E-state index in [-0.39, 0.29) is 0 Å². The molecule has 20 heavy (non-hydrogen) atoms. The molecule has 1 saturated heterocycles. The van der Waals surface area contributed by atoms with Crippen molar-refractivity contribution in [1.82, 2.24) is 4.90 Å². The second-order valence-corrected chi connectivity index (χ2v) is 5.52. The van der Waals surface area contributed by atoms with Gasteiger partial charge < -0.3 is 14.2 Å². The lowest BCUT2D eigenvalue weighted by molar-refractivity contribution is -0.0699. The monoisotopic (exact) mass is 279 g/mol. The lowest BCUT2D eigenvalue weighted by atomic mass is 10.2. The first-order chi connectivity index (χ1) is 9.58. The minimum absolute atomic E-state index is 0.299. The van der Waals surface area contributed by atoms with Gasteiger partial charge in [-0.05, 0) is 38.5 Å². The molecule has 2 rings (SSSR count). The van der Waals surface area contributed by atoms with Crippen molar-refractivity contribution < 1.29 is 14.2 Å². The third kappa shape index (κ3) is 4.12. The van der Waals surface area contributed by atoms with Crippen LogP contribution in [-0.4, -0.2) is 50.5 Å². The summed E-state index contributed by atoms with van der Waals surface area (Å²) in [5, 5.41) is 0. The highest BCUT2D eigenvalue weighted by atomic mass is 16.5. The van der Waals surface area contributed by atoms with Crippen LogP contribution in [0.3, 0.4) is 0 Å². The Balaban J connectivity index is 1.83. The van der Waals surface area contributed by atoms with Gasteiger partial charge in [-0.3, -0.25) is 4.90 Å². The van der Waals surface area contributed by atoms with Gasteiger partial charge in [0.15, 0.2) is 11.5 Å². The van der Waals surface area contributed by atoms with Crippen LogP contribution in [0.15, 0.2) is 18.2 Å². The zero-order valence-corrected chi connectivity index (χ0v) is 12.9. The molecule has 0 spiro atoms. The Bertz CT molecular complexity index is 426. The van der Waals surface area contributed by atoms with Crippen LogP contribution in [0.5, 0.6) is 11.5 Å². The Morgan fingerprint density at radius 1 is 1.20 bits per heavy atom. The number of benzene rings is 1. The summed E-state index contributed by atoms with van der Waals surface area (Å²) in [6.45, 7) is 9.80. The van der Waals surface area contributed by atoms with Crippen molar-refractivity contribution in [3.05, 3.63) is 23.8 Å². The molecule has 4 nitrogen and oxygen atoms in total. The van der Waals surface area contributed by atoms with Gasteiger partial charge in [-0.2, -0.15) is 0 Å². The quantitative estimate of drug-likeness (QED) is 0.828. The molecular formula is C16H25NO3. The maximum absolute atomic E-state index is 5.85. The number of ether oxygens (including phenoxy) is 3. The molecule has 112 valence electrons. The Morgan fingerprint density at radius 2 is 1.90 bits per heavy atom. The van der Waals surface area contributed by atoms with Gasteiger partial charge in [0.25, 0.3) is 0 Å². The zero-order valence-electron chi connectivity index (χ0n) is 12.9. The van der Waals surface area contributed by atoms with Gasteiger partial charge in [0.1, 0.15) is 6.61 Å². The average molecular weight is 279 g/mol. The molecule has 0 unspecified atom stereocenters. The number of hydrogen-bond donors (Lipinski definition) is 0. The summed E-state index contributed by atoms with van der Waals surface area (Å²) in [4.78, 5) is 2.39. The van der Waals surface area contributed by atoms with Crippen LogP contribution in [-0.2, 0) is 4.74 Å². The van der Waals surface area contributed by atoms with Crippen LogP contribution < -0.4 is 9.47 Å². The number of hydrogen-bond acceptors (Lipinski definition) is 4. The van der Waals surface area contributed by atoms with E-state index in [1.54, 1.807) is 7.11 Å². The van der Waals surface area contributed by atoms with Crippen LogP contribution in [0, 0.1) is 6.92 Å². The van der Waals surface area contributed by atoms with E-state index in [0.29, 0.717) is 18.8 Å². The summed E-state index contributed by atoms with van der Waals surface area (Å²) >= 11 is 0. The van der Waals surface area contributed by atoms with E-state index in [9.17, 15) is 0 Å². The molecule has 0 aliphatic carbocycles. The summed E-state index contributed by atoms with van der Waals surface area (Å²) in [5.74, 6) is 1.61. The fourth-order valence-corrected chi connectivity index (χ4v) is 2.65. The molecule has 2 atom stereocenters. The molecule has 0 bridgehead atoms. The highest BCUT2D eigenvalue weighted by Gasteiger charge is 2.21. The number of nitrogens with zero attached hydrogens (tertiary/aromatic N) is 1. The number of aryl methyl sites for hydroxylation is 1. The molecular weight excluding hydrogens is 254 g/mol. The van der Waals surface area contributed by atoms with Gasteiger partial charge in [0, 0.05) is 19.6 Å². The van der Waals surface area contributed by atoms with Gasteiger partial charge in [0.05, 0.1) is 19.3 Å². The predicted octanol–water partition coefficient (Wildman–Crippen LogP) is 2.49. The lowest BCUT2D eigenvalue weighted by Gasteiger charge is -2.35. The SMILES string of the molecule is COc1cc(C)ccc1OCCN1C[C@@H](C)O[C@H](C)C1. The molecule has 0 amide bonds. The van der Waals surface area contributed by atoms with E-state index in [1.807, 2.05) is 25.1 Å². The topological polar surface area (TPSA) is 30.9 Å². The van der Waals surface area contributed by atoms with Crippen LogP contribution in [0.1, 0.15) is 19.4 Å². The van der Waals surface area contributed by atoms with E-state index in [1.165, 1.54) is 5.56 Å². The molecule has 0 N–H and O–H groups in total. The normalized spacial score (nSPS) is 23.6. The fraction of sp³-hybridized carbons (Fsp3) is 0.625. The van der Waals surface area contributed by atoms with E-state index < -0.39 is 0 Å². The van der Waals surface area contributed by atoms with Crippen LogP contribution in [0.4, 0.5) is 0 Å². The Hall–Kier alpha value is -1.26. The zero-order chi connectivity index (χ0) is 14.5. The van der Waals surface area contributed by atoms with E-state index in [2.05, 4.69) is 18.7 Å². The molecule has 0 saturated carbocycles. The lowest BCUT2D eigenvalue weighted by Crippen LogP contribution is -2.46. The van der Waals surface area contributed by atoms with Crippen molar-refractivity contribution in [3.8, 4) is 11.5 Å². The molecule has 1 aliphatic rings. The Kier molecular flexibility index (Phi) is 5.26. The standard InChI is InChI=1S/C16H25NO3/c1-12-5-6-15(16(9-12)18-4)19-8-7-17-10-13(2)20-14(3)11-17/h5-6,9,13-14H,7-8,10-11H2,1-4H3/t13-,14-/m1/s1. The largest absolute Gasteiger partial charge is 0.493 e. The first-order valence-corrected chi connectivity index (χ1v) is 7.23. The number of morpholine rings is 1. The van der Waals surface area contributed by atoms with Gasteiger partial charge in [0.2, 0.25) is 0 Å². The fourth-order valence-electron chi connectivity index (χ4n) is 2.65. The summed E-state index contributed by atoms with van der Waals surface area (Å²) in [7, 11) is 1.67. The minimum atomic E-state index is 0.299. The average Bonchev–Trinajstić information content (AvgIpc) is 2.39. The molecule has 4 heteroatoms. The van der Waals surface area contributed by atoms with E-state index >= 15 is 0 Å². The molecule has 1 heterocycles. The van der Waals surface area contributed by atoms with Crippen molar-refractivity contribution in [2.75, 3.05) is 33.4 Å². The summed E-state index contributed by atoms with van der Waals surface area (Å²) in [6, 6.07) is 6.00. The molecule has 1 aromatic carbocycles. The highest BCUT2D eigenvalue weighted by Crippen LogP contribution is 2.27. The third-order valence-corrected chi connectivity index (χ3v) is 3.48.